The first-order valence-electron chi connectivity index (χ1n) is 4.70. The molecule has 16 heavy (non-hydrogen) atoms. The minimum absolute atomic E-state index is 0.0419. The van der Waals surface area contributed by atoms with Crippen LogP contribution < -0.4 is 0 Å². The monoisotopic (exact) mass is 286 g/mol. The maximum Gasteiger partial charge on any atom is 0.307 e. The van der Waals surface area contributed by atoms with Crippen molar-refractivity contribution in [3.8, 4) is 0 Å². The molecule has 0 fully saturated rings. The summed E-state index contributed by atoms with van der Waals surface area (Å²) >= 11 is 3.27. The summed E-state index contributed by atoms with van der Waals surface area (Å²) in [6.45, 7) is 0. The zero-order valence-electron chi connectivity index (χ0n) is 8.44. The zero-order chi connectivity index (χ0) is 12.1. The Morgan fingerprint density at radius 3 is 2.38 bits per heavy atom. The lowest BCUT2D eigenvalue weighted by atomic mass is 10.1. The summed E-state index contributed by atoms with van der Waals surface area (Å²) in [5, 5.41) is 17.2. The van der Waals surface area contributed by atoms with Crippen LogP contribution in [0.1, 0.15) is 17.5 Å². The predicted octanol–water partition coefficient (Wildman–Crippen LogP) is 2.09. The molecule has 2 N–H and O–H groups in total. The van der Waals surface area contributed by atoms with Crippen LogP contribution in [0.4, 0.5) is 0 Å². The number of carbonyl (C=O) groups is 2. The van der Waals surface area contributed by atoms with Gasteiger partial charge in [-0.3, -0.25) is 9.59 Å². The molecule has 0 saturated heterocycles. The molecular formula is C11H11BrO4. The highest BCUT2D eigenvalue weighted by molar-refractivity contribution is 9.10. The van der Waals surface area contributed by atoms with E-state index in [0.29, 0.717) is 16.5 Å². The minimum Gasteiger partial charge on any atom is -0.481 e. The third-order valence-corrected chi connectivity index (χ3v) is 2.82. The van der Waals surface area contributed by atoms with Gasteiger partial charge in [0, 0.05) is 10.9 Å². The molecule has 0 unspecified atom stereocenters. The van der Waals surface area contributed by atoms with Gasteiger partial charge in [-0.1, -0.05) is 28.1 Å². The van der Waals surface area contributed by atoms with Gasteiger partial charge >= 0.3 is 11.9 Å². The largest absolute Gasteiger partial charge is 0.481 e. The second-order valence-corrected chi connectivity index (χ2v) is 4.24. The molecule has 0 radical (unpaired) electrons. The maximum atomic E-state index is 10.5. The summed E-state index contributed by atoms with van der Waals surface area (Å²) in [4.78, 5) is 20.9. The molecule has 1 aromatic carbocycles. The highest BCUT2D eigenvalue weighted by atomic mass is 79.9. The Morgan fingerprint density at radius 2 is 1.88 bits per heavy atom. The molecular weight excluding hydrogens is 276 g/mol. The van der Waals surface area contributed by atoms with E-state index >= 15 is 0 Å². The zero-order valence-corrected chi connectivity index (χ0v) is 10.0. The average Bonchev–Trinajstić information content (AvgIpc) is 2.18. The predicted molar refractivity (Wildman–Crippen MR) is 61.4 cm³/mol. The summed E-state index contributed by atoms with van der Waals surface area (Å²) in [5.74, 6) is -1.73. The van der Waals surface area contributed by atoms with Crippen molar-refractivity contribution in [3.63, 3.8) is 0 Å². The minimum atomic E-state index is -0.890. The number of benzene rings is 1. The number of aryl methyl sites for hydroxylation is 1. The van der Waals surface area contributed by atoms with Crippen molar-refractivity contribution in [1.82, 2.24) is 0 Å². The number of hydrogen-bond acceptors (Lipinski definition) is 2. The van der Waals surface area contributed by atoms with Gasteiger partial charge in [0.1, 0.15) is 0 Å². The second kappa shape index (κ2) is 5.65. The van der Waals surface area contributed by atoms with Crippen molar-refractivity contribution in [2.75, 3.05) is 0 Å². The number of carboxylic acids is 2. The second-order valence-electron chi connectivity index (χ2n) is 3.39. The van der Waals surface area contributed by atoms with Crippen LogP contribution in [0, 0.1) is 0 Å². The van der Waals surface area contributed by atoms with Crippen molar-refractivity contribution < 1.29 is 19.8 Å². The van der Waals surface area contributed by atoms with Crippen LogP contribution in [0.2, 0.25) is 0 Å². The van der Waals surface area contributed by atoms with Crippen molar-refractivity contribution >= 4 is 27.9 Å². The van der Waals surface area contributed by atoms with Gasteiger partial charge in [0.25, 0.3) is 0 Å². The Morgan fingerprint density at radius 1 is 1.19 bits per heavy atom. The SMILES string of the molecule is O=C(O)CCc1ccc(CC(=O)O)c(Br)c1. The van der Waals surface area contributed by atoms with Crippen molar-refractivity contribution in [2.45, 2.75) is 19.3 Å². The Bertz CT molecular complexity index is 414. The van der Waals surface area contributed by atoms with Gasteiger partial charge < -0.3 is 10.2 Å². The van der Waals surface area contributed by atoms with E-state index in [2.05, 4.69) is 15.9 Å². The van der Waals surface area contributed by atoms with E-state index in [1.165, 1.54) is 0 Å². The van der Waals surface area contributed by atoms with E-state index in [4.69, 9.17) is 10.2 Å². The Hall–Kier alpha value is -1.36. The summed E-state index contributed by atoms with van der Waals surface area (Å²) < 4.78 is 0.706. The fourth-order valence-electron chi connectivity index (χ4n) is 1.30. The standard InChI is InChI=1S/C11H11BrO4/c12-9-5-7(2-4-10(13)14)1-3-8(9)6-11(15)16/h1,3,5H,2,4,6H2,(H,13,14)(H,15,16). The molecule has 86 valence electrons. The third kappa shape index (κ3) is 4.02. The van der Waals surface area contributed by atoms with E-state index in [0.717, 1.165) is 5.56 Å². The molecule has 1 aromatic rings. The van der Waals surface area contributed by atoms with E-state index in [1.807, 2.05) is 0 Å². The molecule has 0 aliphatic carbocycles. The lowest BCUT2D eigenvalue weighted by Gasteiger charge is -2.04. The molecule has 1 rings (SSSR count). The molecule has 0 spiro atoms. The topological polar surface area (TPSA) is 74.6 Å². The van der Waals surface area contributed by atoms with Crippen LogP contribution >= 0.6 is 15.9 Å². The fourth-order valence-corrected chi connectivity index (χ4v) is 1.87. The van der Waals surface area contributed by atoms with Crippen molar-refractivity contribution in [3.05, 3.63) is 33.8 Å². The highest BCUT2D eigenvalue weighted by Gasteiger charge is 2.06. The van der Waals surface area contributed by atoms with Crippen LogP contribution in [0.3, 0.4) is 0 Å². The van der Waals surface area contributed by atoms with Crippen LogP contribution in [0.15, 0.2) is 22.7 Å². The lowest BCUT2D eigenvalue weighted by Crippen LogP contribution is -2.02. The van der Waals surface area contributed by atoms with Gasteiger partial charge in [-0.05, 0) is 23.6 Å². The van der Waals surface area contributed by atoms with E-state index in [1.54, 1.807) is 18.2 Å². The number of halogens is 1. The number of hydrogen-bond donors (Lipinski definition) is 2. The van der Waals surface area contributed by atoms with Gasteiger partial charge in [0.2, 0.25) is 0 Å². The first-order chi connectivity index (χ1) is 7.49. The van der Waals surface area contributed by atoms with Crippen LogP contribution in [-0.4, -0.2) is 22.2 Å². The molecule has 5 heteroatoms. The molecule has 4 nitrogen and oxygen atoms in total. The summed E-state index contributed by atoms with van der Waals surface area (Å²) in [7, 11) is 0. The van der Waals surface area contributed by atoms with Crippen molar-refractivity contribution in [2.24, 2.45) is 0 Å². The molecule has 0 heterocycles. The van der Waals surface area contributed by atoms with Crippen LogP contribution in [0.25, 0.3) is 0 Å². The van der Waals surface area contributed by atoms with Crippen molar-refractivity contribution in [1.29, 1.82) is 0 Å². The molecule has 0 amide bonds. The Kier molecular flexibility index (Phi) is 4.49. The van der Waals surface area contributed by atoms with Gasteiger partial charge in [-0.2, -0.15) is 0 Å². The Balaban J connectivity index is 2.74. The first kappa shape index (κ1) is 12.7. The molecule has 0 atom stereocenters. The normalized spacial score (nSPS) is 10.1. The van der Waals surface area contributed by atoms with E-state index < -0.39 is 11.9 Å². The van der Waals surface area contributed by atoms with Gasteiger partial charge in [0.05, 0.1) is 6.42 Å². The van der Waals surface area contributed by atoms with Crippen LogP contribution in [-0.2, 0) is 22.4 Å². The molecule has 0 aliphatic heterocycles. The number of carboxylic acid groups (broad SMARTS) is 2. The van der Waals surface area contributed by atoms with Gasteiger partial charge in [-0.25, -0.2) is 0 Å². The average molecular weight is 287 g/mol. The first-order valence-corrected chi connectivity index (χ1v) is 5.49. The lowest BCUT2D eigenvalue weighted by molar-refractivity contribution is -0.137. The summed E-state index contributed by atoms with van der Waals surface area (Å²) in [5.41, 5.74) is 1.56. The maximum absolute atomic E-state index is 10.5. The van der Waals surface area contributed by atoms with Gasteiger partial charge in [0.15, 0.2) is 0 Å². The highest BCUT2D eigenvalue weighted by Crippen LogP contribution is 2.20. The Labute approximate surface area is 101 Å². The summed E-state index contributed by atoms with van der Waals surface area (Å²) in [6.07, 6.45) is 0.478. The van der Waals surface area contributed by atoms with Gasteiger partial charge in [-0.15, -0.1) is 0 Å². The number of rotatable bonds is 5. The van der Waals surface area contributed by atoms with E-state index in [9.17, 15) is 9.59 Å². The molecule has 0 bridgehead atoms. The van der Waals surface area contributed by atoms with E-state index in [-0.39, 0.29) is 12.8 Å². The molecule has 0 aromatic heterocycles. The number of aliphatic carboxylic acids is 2. The molecule has 0 saturated carbocycles. The quantitative estimate of drug-likeness (QED) is 0.869. The van der Waals surface area contributed by atoms with Crippen LogP contribution in [0.5, 0.6) is 0 Å². The molecule has 0 aliphatic rings. The summed E-state index contributed by atoms with van der Waals surface area (Å²) in [6, 6.07) is 5.22. The smallest absolute Gasteiger partial charge is 0.307 e. The fraction of sp³-hybridized carbons (Fsp3) is 0.273. The third-order valence-electron chi connectivity index (χ3n) is 2.09.